The first-order chi connectivity index (χ1) is 6.25. The zero-order chi connectivity index (χ0) is 9.26. The summed E-state index contributed by atoms with van der Waals surface area (Å²) in [5, 5.41) is 9.16. The van der Waals surface area contributed by atoms with Crippen LogP contribution in [0.4, 0.5) is 0 Å². The van der Waals surface area contributed by atoms with Gasteiger partial charge in [-0.05, 0) is 12.8 Å². The molecular formula is C8H12N4O. The van der Waals surface area contributed by atoms with Crippen molar-refractivity contribution in [2.24, 2.45) is 5.73 Å². The Bertz CT molecular complexity index is 289. The molecule has 0 atom stereocenters. The third kappa shape index (κ3) is 1.70. The maximum Gasteiger partial charge on any atom is 0.254 e. The summed E-state index contributed by atoms with van der Waals surface area (Å²) in [6.45, 7) is 0. The zero-order valence-corrected chi connectivity index (χ0v) is 7.16. The van der Waals surface area contributed by atoms with Gasteiger partial charge in [0.05, 0.1) is 11.8 Å². The van der Waals surface area contributed by atoms with Crippen molar-refractivity contribution < 1.29 is 4.79 Å². The number of carbonyl (C=O) groups excluding carboxylic acids is 1. The van der Waals surface area contributed by atoms with E-state index < -0.39 is 0 Å². The lowest BCUT2D eigenvalue weighted by Crippen LogP contribution is -2.50. The molecule has 0 aliphatic heterocycles. The smallest absolute Gasteiger partial charge is 0.254 e. The highest BCUT2D eigenvalue weighted by Gasteiger charge is 2.27. The van der Waals surface area contributed by atoms with Crippen molar-refractivity contribution in [3.63, 3.8) is 0 Å². The summed E-state index contributed by atoms with van der Waals surface area (Å²) >= 11 is 0. The van der Waals surface area contributed by atoms with E-state index >= 15 is 0 Å². The standard InChI is InChI=1S/C8H12N4O/c9-6-1-7(2-6)12-8(13)5-3-10-11-4-5/h3-4,6-7H,1-2,9H2,(H,10,11)(H,12,13). The highest BCUT2D eigenvalue weighted by Crippen LogP contribution is 2.17. The molecule has 1 saturated carbocycles. The second-order valence-corrected chi connectivity index (χ2v) is 3.39. The summed E-state index contributed by atoms with van der Waals surface area (Å²) in [5.41, 5.74) is 6.16. The van der Waals surface area contributed by atoms with Crippen molar-refractivity contribution in [2.75, 3.05) is 0 Å². The number of hydrogen-bond acceptors (Lipinski definition) is 3. The molecule has 1 fully saturated rings. The molecule has 0 spiro atoms. The molecule has 13 heavy (non-hydrogen) atoms. The highest BCUT2D eigenvalue weighted by atomic mass is 16.1. The molecule has 0 saturated heterocycles. The molecule has 1 aliphatic carbocycles. The predicted molar refractivity (Wildman–Crippen MR) is 47.1 cm³/mol. The van der Waals surface area contributed by atoms with Gasteiger partial charge in [-0.25, -0.2) is 0 Å². The first kappa shape index (κ1) is 8.25. The van der Waals surface area contributed by atoms with Crippen LogP contribution < -0.4 is 11.1 Å². The number of aromatic nitrogens is 2. The van der Waals surface area contributed by atoms with E-state index in [0.717, 1.165) is 12.8 Å². The van der Waals surface area contributed by atoms with Gasteiger partial charge in [0, 0.05) is 18.3 Å². The van der Waals surface area contributed by atoms with Crippen LogP contribution >= 0.6 is 0 Å². The molecule has 1 aromatic heterocycles. The Hall–Kier alpha value is -1.36. The number of nitrogens with zero attached hydrogens (tertiary/aromatic N) is 1. The van der Waals surface area contributed by atoms with Gasteiger partial charge in [0.1, 0.15) is 0 Å². The Morgan fingerprint density at radius 1 is 1.69 bits per heavy atom. The topological polar surface area (TPSA) is 83.8 Å². The van der Waals surface area contributed by atoms with Gasteiger partial charge >= 0.3 is 0 Å². The van der Waals surface area contributed by atoms with Gasteiger partial charge in [0.2, 0.25) is 0 Å². The summed E-state index contributed by atoms with van der Waals surface area (Å²) in [6, 6.07) is 0.507. The molecule has 5 heteroatoms. The zero-order valence-electron chi connectivity index (χ0n) is 7.16. The Morgan fingerprint density at radius 2 is 2.46 bits per heavy atom. The maximum absolute atomic E-state index is 11.4. The quantitative estimate of drug-likeness (QED) is 0.580. The molecule has 4 N–H and O–H groups in total. The summed E-state index contributed by atoms with van der Waals surface area (Å²) in [4.78, 5) is 11.4. The summed E-state index contributed by atoms with van der Waals surface area (Å²) in [6.07, 6.45) is 4.84. The largest absolute Gasteiger partial charge is 0.349 e. The first-order valence-electron chi connectivity index (χ1n) is 4.31. The van der Waals surface area contributed by atoms with Crippen LogP contribution in [0.3, 0.4) is 0 Å². The molecule has 70 valence electrons. The number of carbonyl (C=O) groups is 1. The number of aromatic amines is 1. The van der Waals surface area contributed by atoms with Crippen LogP contribution in [0.25, 0.3) is 0 Å². The predicted octanol–water partition coefficient (Wildman–Crippen LogP) is -0.371. The van der Waals surface area contributed by atoms with Crippen LogP contribution in [-0.4, -0.2) is 28.2 Å². The van der Waals surface area contributed by atoms with E-state index in [0.29, 0.717) is 5.56 Å². The maximum atomic E-state index is 11.4. The number of nitrogens with two attached hydrogens (primary N) is 1. The van der Waals surface area contributed by atoms with Crippen molar-refractivity contribution in [3.8, 4) is 0 Å². The molecule has 1 aromatic rings. The minimum atomic E-state index is -0.0781. The summed E-state index contributed by atoms with van der Waals surface area (Å²) < 4.78 is 0. The monoisotopic (exact) mass is 180 g/mol. The van der Waals surface area contributed by atoms with E-state index in [9.17, 15) is 4.79 Å². The van der Waals surface area contributed by atoms with Gasteiger partial charge < -0.3 is 11.1 Å². The second kappa shape index (κ2) is 3.18. The highest BCUT2D eigenvalue weighted by molar-refractivity contribution is 5.93. The third-order valence-electron chi connectivity index (χ3n) is 2.27. The second-order valence-electron chi connectivity index (χ2n) is 3.39. The van der Waals surface area contributed by atoms with Crippen molar-refractivity contribution in [1.82, 2.24) is 15.5 Å². The molecule has 2 rings (SSSR count). The molecule has 5 nitrogen and oxygen atoms in total. The Labute approximate surface area is 75.7 Å². The number of rotatable bonds is 2. The van der Waals surface area contributed by atoms with Gasteiger partial charge in [-0.3, -0.25) is 9.89 Å². The van der Waals surface area contributed by atoms with Crippen LogP contribution in [0.1, 0.15) is 23.2 Å². The minimum Gasteiger partial charge on any atom is -0.349 e. The van der Waals surface area contributed by atoms with Gasteiger partial charge in [0.25, 0.3) is 5.91 Å². The normalized spacial score (nSPS) is 26.5. The SMILES string of the molecule is NC1CC(NC(=O)c2cn[nH]c2)C1. The summed E-state index contributed by atoms with van der Waals surface area (Å²) in [7, 11) is 0. The average Bonchev–Trinajstić information content (AvgIpc) is 2.53. The fourth-order valence-electron chi connectivity index (χ4n) is 1.42. The van der Waals surface area contributed by atoms with E-state index in [1.807, 2.05) is 0 Å². The van der Waals surface area contributed by atoms with Crippen molar-refractivity contribution in [3.05, 3.63) is 18.0 Å². The molecule has 0 unspecified atom stereocenters. The molecule has 0 radical (unpaired) electrons. The Balaban J connectivity index is 1.86. The lowest BCUT2D eigenvalue weighted by atomic mass is 9.87. The molecule has 1 amide bonds. The average molecular weight is 180 g/mol. The van der Waals surface area contributed by atoms with Crippen molar-refractivity contribution >= 4 is 5.91 Å². The Morgan fingerprint density at radius 3 is 3.00 bits per heavy atom. The van der Waals surface area contributed by atoms with Crippen molar-refractivity contribution in [2.45, 2.75) is 24.9 Å². The number of H-pyrrole nitrogens is 1. The molecule has 0 aromatic carbocycles. The van der Waals surface area contributed by atoms with Crippen molar-refractivity contribution in [1.29, 1.82) is 0 Å². The lowest BCUT2D eigenvalue weighted by Gasteiger charge is -2.32. The van der Waals surface area contributed by atoms with E-state index in [4.69, 9.17) is 5.73 Å². The van der Waals surface area contributed by atoms with E-state index in [-0.39, 0.29) is 18.0 Å². The van der Waals surface area contributed by atoms with Crippen LogP contribution in [0.15, 0.2) is 12.4 Å². The Kier molecular flexibility index (Phi) is 2.02. The van der Waals surface area contributed by atoms with Gasteiger partial charge in [-0.15, -0.1) is 0 Å². The van der Waals surface area contributed by atoms with Gasteiger partial charge in [-0.1, -0.05) is 0 Å². The van der Waals surface area contributed by atoms with Crippen LogP contribution in [0.2, 0.25) is 0 Å². The van der Waals surface area contributed by atoms with E-state index in [2.05, 4.69) is 15.5 Å². The first-order valence-corrected chi connectivity index (χ1v) is 4.31. The lowest BCUT2D eigenvalue weighted by molar-refractivity contribution is 0.0910. The molecule has 1 heterocycles. The molecule has 1 aliphatic rings. The number of hydrogen-bond donors (Lipinski definition) is 3. The number of amides is 1. The van der Waals surface area contributed by atoms with E-state index in [1.54, 1.807) is 6.20 Å². The third-order valence-corrected chi connectivity index (χ3v) is 2.27. The van der Waals surface area contributed by atoms with Crippen LogP contribution in [0.5, 0.6) is 0 Å². The fourth-order valence-corrected chi connectivity index (χ4v) is 1.42. The van der Waals surface area contributed by atoms with Gasteiger partial charge in [0.15, 0.2) is 0 Å². The molecular weight excluding hydrogens is 168 g/mol. The van der Waals surface area contributed by atoms with Gasteiger partial charge in [-0.2, -0.15) is 5.10 Å². The van der Waals surface area contributed by atoms with Crippen LogP contribution in [-0.2, 0) is 0 Å². The minimum absolute atomic E-state index is 0.0781. The number of nitrogens with one attached hydrogen (secondary N) is 2. The van der Waals surface area contributed by atoms with E-state index in [1.165, 1.54) is 6.20 Å². The summed E-state index contributed by atoms with van der Waals surface area (Å²) in [5.74, 6) is -0.0781. The molecule has 0 bridgehead atoms. The fraction of sp³-hybridized carbons (Fsp3) is 0.500. The van der Waals surface area contributed by atoms with Crippen LogP contribution in [0, 0.1) is 0 Å².